The van der Waals surface area contributed by atoms with Crippen LogP contribution in [0.1, 0.15) is 16.8 Å². The van der Waals surface area contributed by atoms with E-state index >= 15 is 0 Å². The van der Waals surface area contributed by atoms with E-state index in [9.17, 15) is 9.59 Å². The summed E-state index contributed by atoms with van der Waals surface area (Å²) in [5, 5.41) is 0. The number of hydrogen-bond donors (Lipinski definition) is 1. The topological polar surface area (TPSA) is 82.6 Å². The molecule has 0 radical (unpaired) electrons. The molecule has 0 unspecified atom stereocenters. The minimum absolute atomic E-state index is 0.0666. The van der Waals surface area contributed by atoms with E-state index < -0.39 is 5.69 Å². The molecule has 3 aromatic rings. The molecular formula is C22H24N2O5. The number of nitrogens with zero attached hydrogens (tertiary/aromatic N) is 1. The summed E-state index contributed by atoms with van der Waals surface area (Å²) in [6.07, 6.45) is 0. The van der Waals surface area contributed by atoms with Crippen LogP contribution >= 0.6 is 0 Å². The minimum atomic E-state index is -0.475. The number of ether oxygens (including phenoxy) is 3. The molecule has 0 aliphatic rings. The lowest BCUT2D eigenvalue weighted by atomic mass is 10.2. The highest BCUT2D eigenvalue weighted by Crippen LogP contribution is 2.21. The lowest BCUT2D eigenvalue weighted by Crippen LogP contribution is -2.34. The van der Waals surface area contributed by atoms with E-state index in [-0.39, 0.29) is 12.3 Å². The van der Waals surface area contributed by atoms with Crippen LogP contribution in [0.15, 0.2) is 64.2 Å². The lowest BCUT2D eigenvalue weighted by Gasteiger charge is -2.12. The van der Waals surface area contributed by atoms with E-state index in [2.05, 4.69) is 4.98 Å². The smallest absolute Gasteiger partial charge is 0.330 e. The fourth-order valence-corrected chi connectivity index (χ4v) is 2.67. The van der Waals surface area contributed by atoms with E-state index in [1.54, 1.807) is 13.8 Å². The zero-order chi connectivity index (χ0) is 20.6. The number of benzene rings is 2. The lowest BCUT2D eigenvalue weighted by molar-refractivity contribution is 0.0113. The van der Waals surface area contributed by atoms with E-state index in [0.29, 0.717) is 31.1 Å². The van der Waals surface area contributed by atoms with Gasteiger partial charge in [0.15, 0.2) is 0 Å². The summed E-state index contributed by atoms with van der Waals surface area (Å²) in [4.78, 5) is 25.7. The first-order valence-corrected chi connectivity index (χ1v) is 9.32. The average molecular weight is 396 g/mol. The van der Waals surface area contributed by atoms with E-state index in [1.807, 2.05) is 54.6 Å². The molecule has 1 heterocycles. The van der Waals surface area contributed by atoms with Gasteiger partial charge >= 0.3 is 5.69 Å². The summed E-state index contributed by atoms with van der Waals surface area (Å²) < 4.78 is 18.3. The molecule has 0 bridgehead atoms. The zero-order valence-electron chi connectivity index (χ0n) is 16.5. The second-order valence-corrected chi connectivity index (χ2v) is 6.55. The molecule has 3 rings (SSSR count). The van der Waals surface area contributed by atoms with Gasteiger partial charge in [-0.3, -0.25) is 14.3 Å². The van der Waals surface area contributed by atoms with Crippen LogP contribution in [0.3, 0.4) is 0 Å². The summed E-state index contributed by atoms with van der Waals surface area (Å²) in [6, 6.07) is 17.3. The Morgan fingerprint density at radius 2 is 1.52 bits per heavy atom. The van der Waals surface area contributed by atoms with Crippen molar-refractivity contribution in [3.05, 3.63) is 92.3 Å². The monoisotopic (exact) mass is 396 g/mol. The van der Waals surface area contributed by atoms with Gasteiger partial charge in [0.1, 0.15) is 18.2 Å². The highest BCUT2D eigenvalue weighted by Gasteiger charge is 2.07. The van der Waals surface area contributed by atoms with Crippen LogP contribution in [0.25, 0.3) is 0 Å². The number of nitrogens with one attached hydrogen (secondary N) is 1. The molecule has 0 saturated heterocycles. The fourth-order valence-electron chi connectivity index (χ4n) is 2.67. The van der Waals surface area contributed by atoms with Gasteiger partial charge in [-0.25, -0.2) is 4.79 Å². The van der Waals surface area contributed by atoms with E-state index in [0.717, 1.165) is 17.1 Å². The van der Waals surface area contributed by atoms with Crippen molar-refractivity contribution in [1.29, 1.82) is 0 Å². The molecule has 0 aliphatic heterocycles. The van der Waals surface area contributed by atoms with Crippen LogP contribution in [0, 0.1) is 13.8 Å². The van der Waals surface area contributed by atoms with Gasteiger partial charge in [-0.1, -0.05) is 30.3 Å². The van der Waals surface area contributed by atoms with Gasteiger partial charge in [0.05, 0.1) is 19.8 Å². The second kappa shape index (κ2) is 9.86. The van der Waals surface area contributed by atoms with Crippen molar-refractivity contribution in [2.24, 2.45) is 0 Å². The van der Waals surface area contributed by atoms with Gasteiger partial charge in [0, 0.05) is 11.3 Å². The summed E-state index contributed by atoms with van der Waals surface area (Å²) in [5.74, 6) is 1.56. The highest BCUT2D eigenvalue weighted by molar-refractivity contribution is 5.32. The minimum Gasteiger partial charge on any atom is -0.457 e. The van der Waals surface area contributed by atoms with Gasteiger partial charge in [-0.05, 0) is 43.7 Å². The molecule has 2 aromatic carbocycles. The van der Waals surface area contributed by atoms with Crippen molar-refractivity contribution in [1.82, 2.24) is 9.55 Å². The van der Waals surface area contributed by atoms with Crippen molar-refractivity contribution in [3.8, 4) is 11.5 Å². The molecule has 0 saturated carbocycles. The molecule has 7 heteroatoms. The standard InChI is InChI=1S/C22H24N2O5/c1-16-17(2)24(22(26)23-21(16)25)15-28-13-12-27-14-18-8-10-20(11-9-18)29-19-6-4-3-5-7-19/h3-11H,12-15H2,1-2H3,(H,23,25,26). The van der Waals surface area contributed by atoms with Crippen LogP contribution in [0.5, 0.6) is 11.5 Å². The summed E-state index contributed by atoms with van der Waals surface area (Å²) >= 11 is 0. The maximum absolute atomic E-state index is 11.8. The highest BCUT2D eigenvalue weighted by atomic mass is 16.5. The molecule has 0 fully saturated rings. The molecule has 1 aromatic heterocycles. The van der Waals surface area contributed by atoms with Gasteiger partial charge < -0.3 is 14.2 Å². The van der Waals surface area contributed by atoms with Gasteiger partial charge in [-0.2, -0.15) is 0 Å². The SMILES string of the molecule is Cc1c(C)n(COCCOCc2ccc(Oc3ccccc3)cc2)c(=O)[nH]c1=O. The normalized spacial score (nSPS) is 10.8. The Morgan fingerprint density at radius 3 is 2.24 bits per heavy atom. The summed E-state index contributed by atoms with van der Waals surface area (Å²) in [6.45, 7) is 4.63. The first kappa shape index (κ1) is 20.6. The predicted molar refractivity (Wildman–Crippen MR) is 109 cm³/mol. The molecule has 152 valence electrons. The largest absolute Gasteiger partial charge is 0.457 e. The Kier molecular flexibility index (Phi) is 6.99. The van der Waals surface area contributed by atoms with Gasteiger partial charge in [0.2, 0.25) is 0 Å². The molecule has 0 spiro atoms. The quantitative estimate of drug-likeness (QED) is 0.562. The Hall–Kier alpha value is -3.16. The van der Waals surface area contributed by atoms with Crippen LogP contribution in [-0.4, -0.2) is 22.8 Å². The molecule has 0 atom stereocenters. The first-order valence-electron chi connectivity index (χ1n) is 9.32. The van der Waals surface area contributed by atoms with Crippen molar-refractivity contribution < 1.29 is 14.2 Å². The van der Waals surface area contributed by atoms with Crippen LogP contribution in [0.2, 0.25) is 0 Å². The number of rotatable bonds is 9. The Morgan fingerprint density at radius 1 is 0.862 bits per heavy atom. The van der Waals surface area contributed by atoms with Crippen molar-refractivity contribution >= 4 is 0 Å². The molecule has 0 amide bonds. The Labute approximate surface area is 168 Å². The summed E-state index contributed by atoms with van der Waals surface area (Å²) in [5.41, 5.74) is 1.28. The number of hydrogen-bond acceptors (Lipinski definition) is 5. The number of aromatic amines is 1. The molecule has 29 heavy (non-hydrogen) atoms. The van der Waals surface area contributed by atoms with Gasteiger partial charge in [-0.15, -0.1) is 0 Å². The number of aromatic nitrogens is 2. The fraction of sp³-hybridized carbons (Fsp3) is 0.273. The first-order chi connectivity index (χ1) is 14.0. The third kappa shape index (κ3) is 5.66. The maximum Gasteiger partial charge on any atom is 0.330 e. The molecular weight excluding hydrogens is 372 g/mol. The van der Waals surface area contributed by atoms with Crippen molar-refractivity contribution in [2.45, 2.75) is 27.2 Å². The second-order valence-electron chi connectivity index (χ2n) is 6.55. The van der Waals surface area contributed by atoms with Crippen LogP contribution in [-0.2, 0) is 22.8 Å². The van der Waals surface area contributed by atoms with Gasteiger partial charge in [0.25, 0.3) is 5.56 Å². The van der Waals surface area contributed by atoms with E-state index in [4.69, 9.17) is 14.2 Å². The van der Waals surface area contributed by atoms with Crippen molar-refractivity contribution in [3.63, 3.8) is 0 Å². The Balaban J connectivity index is 1.39. The zero-order valence-corrected chi connectivity index (χ0v) is 16.5. The van der Waals surface area contributed by atoms with Crippen LogP contribution < -0.4 is 16.0 Å². The third-order valence-electron chi connectivity index (χ3n) is 4.52. The Bertz CT molecular complexity index is 1040. The summed E-state index contributed by atoms with van der Waals surface area (Å²) in [7, 11) is 0. The molecule has 1 N–H and O–H groups in total. The van der Waals surface area contributed by atoms with Crippen LogP contribution in [0.4, 0.5) is 0 Å². The molecule has 0 aliphatic carbocycles. The average Bonchev–Trinajstić information content (AvgIpc) is 2.73. The molecule has 7 nitrogen and oxygen atoms in total. The maximum atomic E-state index is 11.8. The van der Waals surface area contributed by atoms with E-state index in [1.165, 1.54) is 4.57 Å². The predicted octanol–water partition coefficient (Wildman–Crippen LogP) is 3.14. The number of H-pyrrole nitrogens is 1. The number of para-hydroxylation sites is 1. The third-order valence-corrected chi connectivity index (χ3v) is 4.52. The van der Waals surface area contributed by atoms with Crippen molar-refractivity contribution in [2.75, 3.05) is 13.2 Å².